The molecule has 1 fully saturated rings. The van der Waals surface area contributed by atoms with E-state index in [1.165, 1.54) is 43.8 Å². The summed E-state index contributed by atoms with van der Waals surface area (Å²) in [6.45, 7) is 1.89. The maximum atomic E-state index is 13.2. The molecule has 1 N–H and O–H groups in total. The van der Waals surface area contributed by atoms with Crippen molar-refractivity contribution in [3.8, 4) is 16.2 Å². The number of nitrogens with one attached hydrogen (secondary N) is 1. The number of methoxy groups -OCH3 is 1. The highest BCUT2D eigenvalue weighted by Gasteiger charge is 2.30. The highest BCUT2D eigenvalue weighted by atomic mass is 32.2. The third-order valence-corrected chi connectivity index (χ3v) is 9.09. The van der Waals surface area contributed by atoms with Gasteiger partial charge in [0, 0.05) is 18.8 Å². The Bertz CT molecular complexity index is 1320. The molecule has 1 heterocycles. The Balaban J connectivity index is 1.64. The number of benzene rings is 2. The molecule has 0 atom stereocenters. The zero-order valence-electron chi connectivity index (χ0n) is 20.2. The van der Waals surface area contributed by atoms with E-state index in [0.29, 0.717) is 11.6 Å². The molecular weight excluding hydrogens is 511 g/mol. The minimum atomic E-state index is -4.51. The van der Waals surface area contributed by atoms with E-state index in [2.05, 4.69) is 16.7 Å². The van der Waals surface area contributed by atoms with Crippen LogP contribution in [0.4, 0.5) is 24.0 Å². The SMILES string of the molecule is COc1ccc(-c2sc(N(C)C3CCCCC3)nc2C)cc1S(=O)(=O)Nc1ccc(C(F)(F)F)cc1. The van der Waals surface area contributed by atoms with Crippen LogP contribution in [0.2, 0.25) is 0 Å². The van der Waals surface area contributed by atoms with Gasteiger partial charge in [-0.1, -0.05) is 30.6 Å². The molecule has 4 rings (SSSR count). The number of hydrogen-bond donors (Lipinski definition) is 1. The lowest BCUT2D eigenvalue weighted by Gasteiger charge is -2.30. The number of aryl methyl sites for hydroxylation is 1. The summed E-state index contributed by atoms with van der Waals surface area (Å²) in [7, 11) is -0.743. The van der Waals surface area contributed by atoms with Gasteiger partial charge in [0.25, 0.3) is 10.0 Å². The fourth-order valence-corrected chi connectivity index (χ4v) is 6.74. The Morgan fingerprint density at radius 1 is 1.08 bits per heavy atom. The summed E-state index contributed by atoms with van der Waals surface area (Å²) >= 11 is 1.51. The summed E-state index contributed by atoms with van der Waals surface area (Å²) in [5.41, 5.74) is 0.615. The lowest BCUT2D eigenvalue weighted by molar-refractivity contribution is -0.137. The number of anilines is 2. The fourth-order valence-electron chi connectivity index (χ4n) is 4.39. The van der Waals surface area contributed by atoms with Crippen molar-refractivity contribution in [2.75, 3.05) is 23.8 Å². The van der Waals surface area contributed by atoms with E-state index in [1.807, 2.05) is 6.92 Å². The zero-order chi connectivity index (χ0) is 26.1. The van der Waals surface area contributed by atoms with Crippen LogP contribution in [0, 0.1) is 6.92 Å². The second-order valence-corrected chi connectivity index (χ2v) is 11.5. The Morgan fingerprint density at radius 3 is 2.36 bits per heavy atom. The van der Waals surface area contributed by atoms with Crippen LogP contribution >= 0.6 is 11.3 Å². The van der Waals surface area contributed by atoms with Crippen molar-refractivity contribution in [1.82, 2.24) is 4.98 Å². The predicted octanol–water partition coefficient (Wildman–Crippen LogP) is 6.72. The van der Waals surface area contributed by atoms with E-state index in [1.54, 1.807) is 12.1 Å². The second-order valence-electron chi connectivity index (χ2n) is 8.86. The molecule has 1 aliphatic rings. The third kappa shape index (κ3) is 5.62. The van der Waals surface area contributed by atoms with Gasteiger partial charge < -0.3 is 9.64 Å². The number of halogens is 3. The van der Waals surface area contributed by atoms with Crippen molar-refractivity contribution in [2.45, 2.75) is 56.1 Å². The van der Waals surface area contributed by atoms with Gasteiger partial charge in [-0.3, -0.25) is 4.72 Å². The fraction of sp³-hybridized carbons (Fsp3) is 0.400. The zero-order valence-corrected chi connectivity index (χ0v) is 21.9. The number of aromatic nitrogens is 1. The summed E-state index contributed by atoms with van der Waals surface area (Å²) in [4.78, 5) is 7.70. The molecule has 0 saturated heterocycles. The van der Waals surface area contributed by atoms with E-state index < -0.39 is 21.8 Å². The number of alkyl halides is 3. The van der Waals surface area contributed by atoms with Gasteiger partial charge in [-0.2, -0.15) is 13.2 Å². The molecule has 194 valence electrons. The van der Waals surface area contributed by atoms with Gasteiger partial charge in [0.15, 0.2) is 5.13 Å². The molecule has 0 aliphatic heterocycles. The molecule has 3 aromatic rings. The summed E-state index contributed by atoms with van der Waals surface area (Å²) in [6, 6.07) is 9.12. The van der Waals surface area contributed by atoms with Crippen molar-refractivity contribution >= 4 is 32.2 Å². The highest BCUT2D eigenvalue weighted by Crippen LogP contribution is 2.39. The van der Waals surface area contributed by atoms with Gasteiger partial charge in [0.2, 0.25) is 0 Å². The van der Waals surface area contributed by atoms with Crippen LogP contribution in [0.3, 0.4) is 0 Å². The Labute approximate surface area is 213 Å². The van der Waals surface area contributed by atoms with E-state index in [9.17, 15) is 21.6 Å². The van der Waals surface area contributed by atoms with Crippen LogP contribution in [-0.4, -0.2) is 33.6 Å². The van der Waals surface area contributed by atoms with Gasteiger partial charge >= 0.3 is 6.18 Å². The highest BCUT2D eigenvalue weighted by molar-refractivity contribution is 7.92. The van der Waals surface area contributed by atoms with E-state index in [0.717, 1.165) is 52.8 Å². The molecule has 1 saturated carbocycles. The molecule has 0 amide bonds. The average Bonchev–Trinajstić information content (AvgIpc) is 3.24. The van der Waals surface area contributed by atoms with E-state index in [4.69, 9.17) is 9.72 Å². The minimum Gasteiger partial charge on any atom is -0.495 e. The van der Waals surface area contributed by atoms with Crippen molar-refractivity contribution in [1.29, 1.82) is 0 Å². The summed E-state index contributed by atoms with van der Waals surface area (Å²) in [5.74, 6) is 0.125. The Hall–Kier alpha value is -2.79. The first-order valence-corrected chi connectivity index (χ1v) is 13.9. The largest absolute Gasteiger partial charge is 0.495 e. The van der Waals surface area contributed by atoms with Crippen molar-refractivity contribution in [2.24, 2.45) is 0 Å². The van der Waals surface area contributed by atoms with Crippen molar-refractivity contribution in [3.63, 3.8) is 0 Å². The number of sulfonamides is 1. The molecule has 1 aromatic heterocycles. The lowest BCUT2D eigenvalue weighted by atomic mass is 9.95. The molecule has 0 unspecified atom stereocenters. The standard InChI is InChI=1S/C25H28F3N3O3S2/c1-16-23(35-24(29-16)31(2)20-7-5-4-6-8-20)17-9-14-21(34-3)22(15-17)36(32,33)30-19-12-10-18(11-13-19)25(26,27)28/h9-15,20,30H,4-8H2,1-3H3. The minimum absolute atomic E-state index is 0.0146. The predicted molar refractivity (Wildman–Crippen MR) is 136 cm³/mol. The van der Waals surface area contributed by atoms with E-state index >= 15 is 0 Å². The number of rotatable bonds is 7. The van der Waals surface area contributed by atoms with Crippen LogP contribution in [0.25, 0.3) is 10.4 Å². The van der Waals surface area contributed by atoms with Gasteiger partial charge in [-0.25, -0.2) is 13.4 Å². The Kier molecular flexibility index (Phi) is 7.51. The van der Waals surface area contributed by atoms with E-state index in [-0.39, 0.29) is 16.3 Å². The van der Waals surface area contributed by atoms with Gasteiger partial charge in [-0.15, -0.1) is 0 Å². The second kappa shape index (κ2) is 10.3. The molecule has 2 aromatic carbocycles. The molecule has 0 spiro atoms. The van der Waals surface area contributed by atoms with Crippen LogP contribution in [0.1, 0.15) is 43.4 Å². The molecule has 0 radical (unpaired) electrons. The molecule has 1 aliphatic carbocycles. The van der Waals surface area contributed by atoms with Crippen LogP contribution < -0.4 is 14.4 Å². The summed E-state index contributed by atoms with van der Waals surface area (Å²) in [5, 5.41) is 0.887. The number of nitrogens with zero attached hydrogens (tertiary/aromatic N) is 2. The van der Waals surface area contributed by atoms with Crippen LogP contribution in [-0.2, 0) is 16.2 Å². The maximum absolute atomic E-state index is 13.2. The summed E-state index contributed by atoms with van der Waals surface area (Å²) < 4.78 is 72.6. The van der Waals surface area contributed by atoms with Crippen LogP contribution in [0.5, 0.6) is 5.75 Å². The third-order valence-electron chi connectivity index (χ3n) is 6.39. The van der Waals surface area contributed by atoms with Crippen molar-refractivity contribution < 1.29 is 26.3 Å². The molecule has 11 heteroatoms. The van der Waals surface area contributed by atoms with Gasteiger partial charge in [0.1, 0.15) is 10.6 Å². The Morgan fingerprint density at radius 2 is 1.75 bits per heavy atom. The van der Waals surface area contributed by atoms with Crippen LogP contribution in [0.15, 0.2) is 47.4 Å². The van der Waals surface area contributed by atoms with Gasteiger partial charge in [0.05, 0.1) is 23.2 Å². The maximum Gasteiger partial charge on any atom is 0.416 e. The molecule has 36 heavy (non-hydrogen) atoms. The average molecular weight is 540 g/mol. The first kappa shape index (κ1) is 26.3. The monoisotopic (exact) mass is 539 g/mol. The van der Waals surface area contributed by atoms with Crippen molar-refractivity contribution in [3.05, 3.63) is 53.7 Å². The van der Waals surface area contributed by atoms with Gasteiger partial charge in [-0.05, 0) is 67.8 Å². The topological polar surface area (TPSA) is 71.5 Å². The molecule has 0 bridgehead atoms. The first-order valence-electron chi connectivity index (χ1n) is 11.6. The number of hydrogen-bond acceptors (Lipinski definition) is 6. The molecule has 6 nitrogen and oxygen atoms in total. The molecular formula is C25H28F3N3O3S2. The quantitative estimate of drug-likeness (QED) is 0.361. The smallest absolute Gasteiger partial charge is 0.416 e. The summed E-state index contributed by atoms with van der Waals surface area (Å²) in [6.07, 6.45) is 1.42. The first-order chi connectivity index (χ1) is 17.0. The number of ether oxygens (including phenoxy) is 1. The number of thiazole rings is 1. The lowest BCUT2D eigenvalue weighted by Crippen LogP contribution is -2.33. The normalized spacial score (nSPS) is 15.1.